The summed E-state index contributed by atoms with van der Waals surface area (Å²) in [6.45, 7) is 3.58. The molecule has 0 aliphatic carbocycles. The van der Waals surface area contributed by atoms with E-state index in [0.29, 0.717) is 0 Å². The average Bonchev–Trinajstić information content (AvgIpc) is 1.97. The largest absolute Gasteiger partial charge is 0.399 e. The summed E-state index contributed by atoms with van der Waals surface area (Å²) in [5.41, 5.74) is 0. The number of allylic oxidation sites excluding steroid dienone is 2. The molecule has 0 aromatic rings. The van der Waals surface area contributed by atoms with Gasteiger partial charge in [0.1, 0.15) is 7.11 Å². The summed E-state index contributed by atoms with van der Waals surface area (Å²) in [4.78, 5) is 4.49. The van der Waals surface area contributed by atoms with Gasteiger partial charge in [-0.15, -0.1) is 0 Å². The van der Waals surface area contributed by atoms with Crippen molar-refractivity contribution >= 4 is 6.21 Å². The molecule has 0 fully saturated rings. The second kappa shape index (κ2) is 8.21. The molecule has 2 nitrogen and oxygen atoms in total. The number of unbranched alkanes of at least 4 members (excludes halogenated alkanes) is 2. The number of hydrogen-bond donors (Lipinski definition) is 0. The highest BCUT2D eigenvalue weighted by Gasteiger charge is 1.79. The molecule has 57 valence electrons. The molecule has 0 aliphatic heterocycles. The number of rotatable bonds is 5. The van der Waals surface area contributed by atoms with E-state index < -0.39 is 0 Å². The maximum absolute atomic E-state index is 4.49. The lowest BCUT2D eigenvalue weighted by Crippen LogP contribution is -1.76. The molecule has 0 spiro atoms. The highest BCUT2D eigenvalue weighted by molar-refractivity contribution is 5.56. The normalized spacial score (nSPS) is 11.4. The molecule has 0 saturated carbocycles. The standard InChI is InChI=1S/C8H14NO/c1-3-4-5-6-7-8-9-10-2/h3-4,8H,1,5-7H2,2H3/b4-3+,9-8+. The van der Waals surface area contributed by atoms with E-state index in [-0.39, 0.29) is 0 Å². The van der Waals surface area contributed by atoms with Crippen LogP contribution in [0, 0.1) is 6.92 Å². The molecule has 0 rings (SSSR count). The second-order valence-electron chi connectivity index (χ2n) is 1.87. The third-order valence-electron chi connectivity index (χ3n) is 1.05. The lowest BCUT2D eigenvalue weighted by atomic mass is 10.2. The van der Waals surface area contributed by atoms with Crippen molar-refractivity contribution in [2.45, 2.75) is 19.3 Å². The Bertz CT molecular complexity index is 108. The Morgan fingerprint density at radius 3 is 2.90 bits per heavy atom. The molecule has 10 heavy (non-hydrogen) atoms. The Hall–Kier alpha value is -0.790. The summed E-state index contributed by atoms with van der Waals surface area (Å²) in [5, 5.41) is 3.60. The predicted octanol–water partition coefficient (Wildman–Crippen LogP) is 2.18. The third kappa shape index (κ3) is 7.21. The van der Waals surface area contributed by atoms with Gasteiger partial charge in [0, 0.05) is 6.21 Å². The highest BCUT2D eigenvalue weighted by Crippen LogP contribution is 1.93. The number of hydrogen-bond acceptors (Lipinski definition) is 2. The van der Waals surface area contributed by atoms with Crippen LogP contribution < -0.4 is 0 Å². The first kappa shape index (κ1) is 9.21. The van der Waals surface area contributed by atoms with Crippen LogP contribution in [0.2, 0.25) is 0 Å². The van der Waals surface area contributed by atoms with Gasteiger partial charge in [-0.25, -0.2) is 0 Å². The van der Waals surface area contributed by atoms with Gasteiger partial charge < -0.3 is 4.84 Å². The Labute approximate surface area is 62.6 Å². The average molecular weight is 140 g/mol. The van der Waals surface area contributed by atoms with E-state index in [2.05, 4.69) is 16.9 Å². The van der Waals surface area contributed by atoms with Gasteiger partial charge in [-0.2, -0.15) is 0 Å². The van der Waals surface area contributed by atoms with Crippen LogP contribution in [-0.2, 0) is 4.84 Å². The zero-order valence-electron chi connectivity index (χ0n) is 6.42. The summed E-state index contributed by atoms with van der Waals surface area (Å²) < 4.78 is 0. The highest BCUT2D eigenvalue weighted by atomic mass is 16.6. The van der Waals surface area contributed by atoms with Crippen molar-refractivity contribution in [2.24, 2.45) is 5.16 Å². The Morgan fingerprint density at radius 1 is 1.50 bits per heavy atom. The first-order valence-electron chi connectivity index (χ1n) is 3.41. The van der Waals surface area contributed by atoms with Crippen LogP contribution in [0.15, 0.2) is 17.3 Å². The van der Waals surface area contributed by atoms with Crippen molar-refractivity contribution < 1.29 is 4.84 Å². The second-order valence-corrected chi connectivity index (χ2v) is 1.87. The molecular weight excluding hydrogens is 126 g/mol. The lowest BCUT2D eigenvalue weighted by Gasteiger charge is -1.88. The first-order chi connectivity index (χ1) is 4.91. The van der Waals surface area contributed by atoms with Crippen LogP contribution in [0.3, 0.4) is 0 Å². The van der Waals surface area contributed by atoms with Gasteiger partial charge in [-0.05, 0) is 26.2 Å². The van der Waals surface area contributed by atoms with Crippen molar-refractivity contribution in [3.8, 4) is 0 Å². The van der Waals surface area contributed by atoms with Gasteiger partial charge >= 0.3 is 0 Å². The van der Waals surface area contributed by atoms with Crippen LogP contribution in [0.4, 0.5) is 0 Å². The van der Waals surface area contributed by atoms with Gasteiger partial charge in [0.25, 0.3) is 0 Å². The monoisotopic (exact) mass is 140 g/mol. The summed E-state index contributed by atoms with van der Waals surface area (Å²) >= 11 is 0. The zero-order chi connectivity index (χ0) is 7.66. The summed E-state index contributed by atoms with van der Waals surface area (Å²) in [6, 6.07) is 0. The Morgan fingerprint density at radius 2 is 2.30 bits per heavy atom. The van der Waals surface area contributed by atoms with Crippen LogP contribution in [0.1, 0.15) is 19.3 Å². The molecule has 0 aromatic heterocycles. The molecule has 0 unspecified atom stereocenters. The fourth-order valence-electron chi connectivity index (χ4n) is 0.572. The van der Waals surface area contributed by atoms with Crippen molar-refractivity contribution in [1.29, 1.82) is 0 Å². The molecule has 0 aromatic carbocycles. The lowest BCUT2D eigenvalue weighted by molar-refractivity contribution is 0.214. The van der Waals surface area contributed by atoms with E-state index in [1.54, 1.807) is 13.3 Å². The van der Waals surface area contributed by atoms with E-state index in [1.165, 1.54) is 0 Å². The minimum Gasteiger partial charge on any atom is -0.399 e. The molecule has 0 N–H and O–H groups in total. The molecule has 0 amide bonds. The summed E-state index contributed by atoms with van der Waals surface area (Å²) in [5.74, 6) is 0. The number of nitrogens with zero attached hydrogens (tertiary/aromatic N) is 1. The maximum Gasteiger partial charge on any atom is 0.106 e. The quantitative estimate of drug-likeness (QED) is 0.326. The smallest absolute Gasteiger partial charge is 0.106 e. The van der Waals surface area contributed by atoms with Gasteiger partial charge in [0.2, 0.25) is 0 Å². The zero-order valence-corrected chi connectivity index (χ0v) is 6.42. The Kier molecular flexibility index (Phi) is 7.56. The molecule has 0 saturated heterocycles. The van der Waals surface area contributed by atoms with Crippen molar-refractivity contribution in [2.75, 3.05) is 7.11 Å². The fourth-order valence-corrected chi connectivity index (χ4v) is 0.572. The molecule has 2 heteroatoms. The van der Waals surface area contributed by atoms with Crippen molar-refractivity contribution in [3.05, 3.63) is 19.1 Å². The van der Waals surface area contributed by atoms with Gasteiger partial charge in [-0.1, -0.05) is 17.3 Å². The molecule has 0 aliphatic rings. The topological polar surface area (TPSA) is 21.6 Å². The number of oxime groups is 1. The Balaban J connectivity index is 2.97. The SMILES string of the molecule is [CH2]/C=C/CCC/C=N/OC. The van der Waals surface area contributed by atoms with E-state index in [4.69, 9.17) is 0 Å². The maximum atomic E-state index is 4.49. The molecule has 0 bridgehead atoms. The van der Waals surface area contributed by atoms with Crippen LogP contribution in [-0.4, -0.2) is 13.3 Å². The van der Waals surface area contributed by atoms with Gasteiger partial charge in [0.15, 0.2) is 0 Å². The van der Waals surface area contributed by atoms with Crippen LogP contribution in [0.25, 0.3) is 0 Å². The van der Waals surface area contributed by atoms with Crippen LogP contribution >= 0.6 is 0 Å². The van der Waals surface area contributed by atoms with Crippen molar-refractivity contribution in [1.82, 2.24) is 0 Å². The minimum absolute atomic E-state index is 0.970. The van der Waals surface area contributed by atoms with E-state index in [9.17, 15) is 0 Å². The van der Waals surface area contributed by atoms with Crippen molar-refractivity contribution in [3.63, 3.8) is 0 Å². The van der Waals surface area contributed by atoms with E-state index >= 15 is 0 Å². The van der Waals surface area contributed by atoms with Crippen LogP contribution in [0.5, 0.6) is 0 Å². The molecule has 0 atom stereocenters. The molecule has 1 radical (unpaired) electrons. The fraction of sp³-hybridized carbons (Fsp3) is 0.500. The third-order valence-corrected chi connectivity index (χ3v) is 1.05. The van der Waals surface area contributed by atoms with Gasteiger partial charge in [0.05, 0.1) is 0 Å². The summed E-state index contributed by atoms with van der Waals surface area (Å²) in [6.07, 6.45) is 8.78. The summed E-state index contributed by atoms with van der Waals surface area (Å²) in [7, 11) is 1.55. The van der Waals surface area contributed by atoms with Gasteiger partial charge in [-0.3, -0.25) is 0 Å². The van der Waals surface area contributed by atoms with E-state index in [0.717, 1.165) is 19.3 Å². The molecule has 0 heterocycles. The van der Waals surface area contributed by atoms with E-state index in [1.807, 2.05) is 12.2 Å². The predicted molar refractivity (Wildman–Crippen MR) is 43.8 cm³/mol. The molecular formula is C8H14NO. The first-order valence-corrected chi connectivity index (χ1v) is 3.41. The minimum atomic E-state index is 0.970.